The van der Waals surface area contributed by atoms with Gasteiger partial charge in [0.15, 0.2) is 0 Å². The molecule has 0 saturated carbocycles. The Labute approximate surface area is 183 Å². The van der Waals surface area contributed by atoms with Gasteiger partial charge in [0.25, 0.3) is 11.8 Å². The molecule has 2 aromatic rings. The number of nitrogens with one attached hydrogen (secondary N) is 2. The Morgan fingerprint density at radius 1 is 1.26 bits per heavy atom. The number of hydrogen-bond donors (Lipinski definition) is 4. The molecule has 3 amide bonds. The maximum atomic E-state index is 12.7. The standard InChI is InChI=1S/C21H21ClN4O5/c1-31-18-6-3-13(9-15(18)22)11-25-20(29)14-8-12(10-23)2-4-16(14)26-21(30)17(27)5-7-19(24)28/h2-4,6,8-9,17,27H,5,7,11H2,1H3,(H2,24,28)(H,25,29)(H,26,30)/t17-/m1/s1. The molecule has 2 rings (SSSR count). The van der Waals surface area contributed by atoms with Crippen molar-refractivity contribution in [2.24, 2.45) is 5.73 Å². The van der Waals surface area contributed by atoms with Crippen molar-refractivity contribution in [3.05, 3.63) is 58.1 Å². The number of aliphatic hydroxyl groups excluding tert-OH is 1. The molecule has 0 spiro atoms. The zero-order chi connectivity index (χ0) is 23.0. The van der Waals surface area contributed by atoms with E-state index in [1.54, 1.807) is 18.2 Å². The van der Waals surface area contributed by atoms with Crippen molar-refractivity contribution in [2.45, 2.75) is 25.5 Å². The maximum Gasteiger partial charge on any atom is 0.253 e. The summed E-state index contributed by atoms with van der Waals surface area (Å²) in [5.41, 5.74) is 6.08. The summed E-state index contributed by atoms with van der Waals surface area (Å²) in [6.45, 7) is 0.133. The summed E-state index contributed by atoms with van der Waals surface area (Å²) in [4.78, 5) is 35.7. The third-order valence-electron chi connectivity index (χ3n) is 4.29. The lowest BCUT2D eigenvalue weighted by molar-refractivity contribution is -0.125. The molecule has 0 fully saturated rings. The lowest BCUT2D eigenvalue weighted by Gasteiger charge is -2.15. The summed E-state index contributed by atoms with van der Waals surface area (Å²) < 4.78 is 5.09. The lowest BCUT2D eigenvalue weighted by Crippen LogP contribution is -2.31. The number of benzene rings is 2. The van der Waals surface area contributed by atoms with Crippen molar-refractivity contribution in [1.29, 1.82) is 5.26 Å². The number of carbonyl (C=O) groups excluding carboxylic acids is 3. The highest BCUT2D eigenvalue weighted by atomic mass is 35.5. The number of ether oxygens (including phenoxy) is 1. The molecular formula is C21H21ClN4O5. The molecule has 0 aliphatic rings. The first kappa shape index (κ1) is 23.7. The van der Waals surface area contributed by atoms with Gasteiger partial charge in [-0.25, -0.2) is 0 Å². The molecule has 0 aliphatic carbocycles. The minimum Gasteiger partial charge on any atom is -0.495 e. The van der Waals surface area contributed by atoms with E-state index in [1.165, 1.54) is 25.3 Å². The van der Waals surface area contributed by atoms with E-state index < -0.39 is 23.8 Å². The number of halogens is 1. The number of primary amides is 1. The number of amides is 3. The van der Waals surface area contributed by atoms with Gasteiger partial charge in [0, 0.05) is 13.0 Å². The predicted octanol–water partition coefficient (Wildman–Crippen LogP) is 1.72. The SMILES string of the molecule is COc1ccc(CNC(=O)c2cc(C#N)ccc2NC(=O)[C@H](O)CCC(N)=O)cc1Cl. The normalized spacial score (nSPS) is 11.2. The zero-order valence-corrected chi connectivity index (χ0v) is 17.4. The van der Waals surface area contributed by atoms with E-state index in [1.807, 2.05) is 6.07 Å². The second-order valence-corrected chi connectivity index (χ2v) is 6.94. The van der Waals surface area contributed by atoms with Gasteiger partial charge >= 0.3 is 0 Å². The molecule has 0 bridgehead atoms. The topological polar surface area (TPSA) is 155 Å². The quantitative estimate of drug-likeness (QED) is 0.461. The molecule has 162 valence electrons. The fourth-order valence-electron chi connectivity index (χ4n) is 2.63. The molecule has 0 heterocycles. The molecule has 2 aromatic carbocycles. The monoisotopic (exact) mass is 444 g/mol. The van der Waals surface area contributed by atoms with Crippen LogP contribution in [0.25, 0.3) is 0 Å². The van der Waals surface area contributed by atoms with Crippen LogP contribution in [0.2, 0.25) is 5.02 Å². The largest absolute Gasteiger partial charge is 0.495 e. The van der Waals surface area contributed by atoms with Crippen LogP contribution in [0.5, 0.6) is 5.75 Å². The Morgan fingerprint density at radius 2 is 2.00 bits per heavy atom. The van der Waals surface area contributed by atoms with Crippen molar-refractivity contribution in [2.75, 3.05) is 12.4 Å². The first-order valence-corrected chi connectivity index (χ1v) is 9.55. The highest BCUT2D eigenvalue weighted by molar-refractivity contribution is 6.32. The Balaban J connectivity index is 2.15. The summed E-state index contributed by atoms with van der Waals surface area (Å²) in [5.74, 6) is -1.50. The number of hydrogen-bond acceptors (Lipinski definition) is 6. The molecular weight excluding hydrogens is 424 g/mol. The van der Waals surface area contributed by atoms with Crippen LogP contribution in [0.3, 0.4) is 0 Å². The number of nitrogens with zero attached hydrogens (tertiary/aromatic N) is 1. The fraction of sp³-hybridized carbons (Fsp3) is 0.238. The maximum absolute atomic E-state index is 12.7. The van der Waals surface area contributed by atoms with E-state index in [9.17, 15) is 19.5 Å². The Kier molecular flexibility index (Phi) is 8.37. The number of methoxy groups -OCH3 is 1. The number of nitrogens with two attached hydrogens (primary N) is 1. The Hall–Kier alpha value is -3.61. The predicted molar refractivity (Wildman–Crippen MR) is 113 cm³/mol. The van der Waals surface area contributed by atoms with E-state index in [4.69, 9.17) is 27.3 Å². The number of nitriles is 1. The molecule has 9 nitrogen and oxygen atoms in total. The van der Waals surface area contributed by atoms with Crippen molar-refractivity contribution in [3.63, 3.8) is 0 Å². The van der Waals surface area contributed by atoms with Gasteiger partial charge in [-0.1, -0.05) is 17.7 Å². The van der Waals surface area contributed by atoms with E-state index >= 15 is 0 Å². The number of anilines is 1. The summed E-state index contributed by atoms with van der Waals surface area (Å²) in [7, 11) is 1.49. The number of rotatable bonds is 9. The summed E-state index contributed by atoms with van der Waals surface area (Å²) in [6.07, 6.45) is -1.81. The van der Waals surface area contributed by atoms with Crippen LogP contribution < -0.4 is 21.1 Å². The highest BCUT2D eigenvalue weighted by Gasteiger charge is 2.20. The minimum atomic E-state index is -1.49. The van der Waals surface area contributed by atoms with Crippen LogP contribution in [-0.2, 0) is 16.1 Å². The number of carbonyl (C=O) groups is 3. The van der Waals surface area contributed by atoms with Gasteiger partial charge in [0.05, 0.1) is 35.0 Å². The van der Waals surface area contributed by atoms with Crippen LogP contribution in [0.15, 0.2) is 36.4 Å². The molecule has 10 heteroatoms. The second-order valence-electron chi connectivity index (χ2n) is 6.53. The van der Waals surface area contributed by atoms with Crippen LogP contribution in [0, 0.1) is 11.3 Å². The van der Waals surface area contributed by atoms with Gasteiger partial charge in [-0.3, -0.25) is 14.4 Å². The molecule has 31 heavy (non-hydrogen) atoms. The van der Waals surface area contributed by atoms with Gasteiger partial charge in [-0.15, -0.1) is 0 Å². The molecule has 1 atom stereocenters. The van der Waals surface area contributed by atoms with Crippen molar-refractivity contribution in [3.8, 4) is 11.8 Å². The minimum absolute atomic E-state index is 0.0362. The van der Waals surface area contributed by atoms with Gasteiger partial charge in [-0.05, 0) is 42.3 Å². The Bertz CT molecular complexity index is 1030. The van der Waals surface area contributed by atoms with E-state index in [0.29, 0.717) is 16.3 Å². The molecule has 0 aliphatic heterocycles. The smallest absolute Gasteiger partial charge is 0.253 e. The molecule has 5 N–H and O–H groups in total. The molecule has 0 unspecified atom stereocenters. The highest BCUT2D eigenvalue weighted by Crippen LogP contribution is 2.25. The van der Waals surface area contributed by atoms with Gasteiger partial charge < -0.3 is 26.2 Å². The van der Waals surface area contributed by atoms with E-state index in [0.717, 1.165) is 0 Å². The zero-order valence-electron chi connectivity index (χ0n) is 16.6. The summed E-state index contributed by atoms with van der Waals surface area (Å²) in [6, 6.07) is 11.1. The first-order valence-electron chi connectivity index (χ1n) is 9.17. The van der Waals surface area contributed by atoms with Crippen molar-refractivity contribution >= 4 is 35.0 Å². The lowest BCUT2D eigenvalue weighted by atomic mass is 10.1. The van der Waals surface area contributed by atoms with E-state index in [-0.39, 0.29) is 36.2 Å². The van der Waals surface area contributed by atoms with E-state index in [2.05, 4.69) is 10.6 Å². The first-order chi connectivity index (χ1) is 14.7. The summed E-state index contributed by atoms with van der Waals surface area (Å²) in [5, 5.41) is 24.5. The van der Waals surface area contributed by atoms with Gasteiger partial charge in [0.1, 0.15) is 11.9 Å². The van der Waals surface area contributed by atoms with Gasteiger partial charge in [-0.2, -0.15) is 5.26 Å². The Morgan fingerprint density at radius 3 is 2.61 bits per heavy atom. The van der Waals surface area contributed by atoms with Crippen LogP contribution in [0.4, 0.5) is 5.69 Å². The van der Waals surface area contributed by atoms with Crippen LogP contribution in [0.1, 0.15) is 34.3 Å². The van der Waals surface area contributed by atoms with Crippen molar-refractivity contribution in [1.82, 2.24) is 5.32 Å². The molecule has 0 saturated heterocycles. The molecule has 0 radical (unpaired) electrons. The third kappa shape index (κ3) is 6.70. The molecule has 0 aromatic heterocycles. The second kappa shape index (κ2) is 11.0. The van der Waals surface area contributed by atoms with Crippen LogP contribution in [-0.4, -0.2) is 36.0 Å². The van der Waals surface area contributed by atoms with Crippen molar-refractivity contribution < 1.29 is 24.2 Å². The third-order valence-corrected chi connectivity index (χ3v) is 4.58. The van der Waals surface area contributed by atoms with Crippen LogP contribution >= 0.6 is 11.6 Å². The number of aliphatic hydroxyl groups is 1. The van der Waals surface area contributed by atoms with Gasteiger partial charge in [0.2, 0.25) is 5.91 Å². The summed E-state index contributed by atoms with van der Waals surface area (Å²) >= 11 is 6.08. The average molecular weight is 445 g/mol. The average Bonchev–Trinajstić information content (AvgIpc) is 2.75. The fourth-order valence-corrected chi connectivity index (χ4v) is 2.91.